The minimum absolute atomic E-state index is 0.137. The van der Waals surface area contributed by atoms with Crippen molar-refractivity contribution in [1.29, 1.82) is 0 Å². The topological polar surface area (TPSA) is 64.9 Å². The highest BCUT2D eigenvalue weighted by atomic mass is 127. The van der Waals surface area contributed by atoms with Crippen molar-refractivity contribution in [3.63, 3.8) is 0 Å². The molecule has 0 fully saturated rings. The summed E-state index contributed by atoms with van der Waals surface area (Å²) in [5.74, 6) is 1.42. The largest absolute Gasteiger partial charge is 0.496 e. The van der Waals surface area contributed by atoms with Gasteiger partial charge in [0, 0.05) is 14.8 Å². The third kappa shape index (κ3) is 2.64. The van der Waals surface area contributed by atoms with Crippen LogP contribution in [0.4, 0.5) is 5.95 Å². The van der Waals surface area contributed by atoms with E-state index in [4.69, 9.17) is 4.74 Å². The molecule has 0 saturated heterocycles. The predicted octanol–water partition coefficient (Wildman–Crippen LogP) is 3.34. The zero-order valence-electron chi connectivity index (χ0n) is 12.8. The van der Waals surface area contributed by atoms with Crippen molar-refractivity contribution in [2.45, 2.75) is 6.04 Å². The number of hydrogen-bond donors (Lipinski definition) is 1. The molecule has 0 spiro atoms. The van der Waals surface area contributed by atoms with Crippen molar-refractivity contribution < 1.29 is 4.74 Å². The van der Waals surface area contributed by atoms with Gasteiger partial charge < -0.3 is 10.1 Å². The van der Waals surface area contributed by atoms with E-state index in [0.717, 1.165) is 22.6 Å². The van der Waals surface area contributed by atoms with Crippen LogP contribution in [0, 0.1) is 3.57 Å². The zero-order chi connectivity index (χ0) is 16.5. The maximum absolute atomic E-state index is 5.51. The first-order chi connectivity index (χ1) is 11.8. The van der Waals surface area contributed by atoms with Gasteiger partial charge in [-0.05, 0) is 62.9 Å². The fraction of sp³-hybridized carbons (Fsp3) is 0.118. The van der Waals surface area contributed by atoms with E-state index in [-0.39, 0.29) is 6.04 Å². The molecule has 0 bridgehead atoms. The maximum atomic E-state index is 5.51. The number of anilines is 1. The molecule has 1 unspecified atom stereocenters. The maximum Gasteiger partial charge on any atom is 0.248 e. The van der Waals surface area contributed by atoms with Crippen LogP contribution in [0.15, 0.2) is 54.6 Å². The number of ether oxygens (including phenoxy) is 1. The first-order valence-corrected chi connectivity index (χ1v) is 8.49. The molecule has 24 heavy (non-hydrogen) atoms. The van der Waals surface area contributed by atoms with Gasteiger partial charge in [-0.3, -0.25) is 0 Å². The van der Waals surface area contributed by atoms with Crippen molar-refractivity contribution in [1.82, 2.24) is 20.2 Å². The molecule has 1 N–H and O–H groups in total. The molecule has 6 nitrogen and oxygen atoms in total. The van der Waals surface area contributed by atoms with Gasteiger partial charge in [0.05, 0.1) is 7.11 Å². The summed E-state index contributed by atoms with van der Waals surface area (Å²) in [6.07, 6.45) is 2.11. The Morgan fingerprint density at radius 1 is 1.12 bits per heavy atom. The summed E-state index contributed by atoms with van der Waals surface area (Å²) in [4.78, 5) is 0. The lowest BCUT2D eigenvalue weighted by Gasteiger charge is -2.24. The summed E-state index contributed by atoms with van der Waals surface area (Å²) < 4.78 is 8.47. The van der Waals surface area contributed by atoms with Crippen molar-refractivity contribution in [2.75, 3.05) is 12.4 Å². The number of fused-ring (bicyclic) bond motifs is 1. The smallest absolute Gasteiger partial charge is 0.248 e. The van der Waals surface area contributed by atoms with Gasteiger partial charge in [-0.2, -0.15) is 4.68 Å². The van der Waals surface area contributed by atoms with Crippen molar-refractivity contribution in [2.24, 2.45) is 0 Å². The average Bonchev–Trinajstić information content (AvgIpc) is 3.10. The van der Waals surface area contributed by atoms with Crippen LogP contribution in [0.3, 0.4) is 0 Å². The van der Waals surface area contributed by atoms with E-state index in [1.54, 1.807) is 11.8 Å². The molecule has 2 heterocycles. The summed E-state index contributed by atoms with van der Waals surface area (Å²) in [5, 5.41) is 15.3. The number of methoxy groups -OCH3 is 1. The number of halogens is 1. The number of para-hydroxylation sites is 1. The fourth-order valence-electron chi connectivity index (χ4n) is 2.78. The molecular weight excluding hydrogens is 417 g/mol. The number of aromatic nitrogens is 4. The highest BCUT2D eigenvalue weighted by molar-refractivity contribution is 14.1. The molecule has 120 valence electrons. The minimum atomic E-state index is -0.137. The Morgan fingerprint density at radius 2 is 1.92 bits per heavy atom. The van der Waals surface area contributed by atoms with Gasteiger partial charge in [-0.1, -0.05) is 35.4 Å². The Balaban J connectivity index is 1.83. The number of nitrogens with zero attached hydrogens (tertiary/aromatic N) is 4. The number of hydrogen-bond acceptors (Lipinski definition) is 5. The second kappa shape index (κ2) is 6.23. The van der Waals surface area contributed by atoms with Gasteiger partial charge in [0.15, 0.2) is 0 Å². The standard InChI is InChI=1S/C17H14IN5O/c1-24-16-5-3-2-4-13(16)15-10-14(11-6-8-12(18)9-7-11)19-17-20-21-22-23(15)17/h2-10,15H,1H3,(H,19,20,22). The molecule has 1 aliphatic heterocycles. The van der Waals surface area contributed by atoms with Gasteiger partial charge in [0.25, 0.3) is 0 Å². The van der Waals surface area contributed by atoms with Gasteiger partial charge in [-0.15, -0.1) is 0 Å². The van der Waals surface area contributed by atoms with E-state index in [0.29, 0.717) is 5.95 Å². The van der Waals surface area contributed by atoms with Gasteiger partial charge in [-0.25, -0.2) is 0 Å². The molecule has 0 aliphatic carbocycles. The molecule has 0 amide bonds. The van der Waals surface area contributed by atoms with Crippen LogP contribution in [-0.2, 0) is 0 Å². The zero-order valence-corrected chi connectivity index (χ0v) is 15.0. The second-order valence-corrected chi connectivity index (χ2v) is 6.59. The quantitative estimate of drug-likeness (QED) is 0.645. The van der Waals surface area contributed by atoms with E-state index in [2.05, 4.69) is 73.8 Å². The lowest BCUT2D eigenvalue weighted by atomic mass is 10.0. The Kier molecular flexibility index (Phi) is 3.93. The Morgan fingerprint density at radius 3 is 2.71 bits per heavy atom. The monoisotopic (exact) mass is 431 g/mol. The minimum Gasteiger partial charge on any atom is -0.496 e. The Hall–Kier alpha value is -2.42. The number of rotatable bonds is 3. The normalized spacial score (nSPS) is 16.1. The van der Waals surface area contributed by atoms with Gasteiger partial charge in [0.1, 0.15) is 11.8 Å². The number of tetrazole rings is 1. The van der Waals surface area contributed by atoms with E-state index >= 15 is 0 Å². The summed E-state index contributed by atoms with van der Waals surface area (Å²) in [6.45, 7) is 0. The van der Waals surface area contributed by atoms with Crippen LogP contribution in [0.2, 0.25) is 0 Å². The molecular formula is C17H14IN5O. The molecule has 3 aromatic rings. The molecule has 0 radical (unpaired) electrons. The third-order valence-corrected chi connectivity index (χ3v) is 4.66. The van der Waals surface area contributed by atoms with Crippen molar-refractivity contribution in [3.8, 4) is 5.75 Å². The lowest BCUT2D eigenvalue weighted by molar-refractivity contribution is 0.403. The second-order valence-electron chi connectivity index (χ2n) is 5.35. The number of benzene rings is 2. The number of allylic oxidation sites excluding steroid dienone is 1. The van der Waals surface area contributed by atoms with Crippen molar-refractivity contribution in [3.05, 3.63) is 69.3 Å². The number of nitrogens with one attached hydrogen (secondary N) is 1. The summed E-state index contributed by atoms with van der Waals surface area (Å²) in [7, 11) is 1.67. The molecule has 0 saturated carbocycles. The van der Waals surface area contributed by atoms with E-state index < -0.39 is 0 Å². The predicted molar refractivity (Wildman–Crippen MR) is 99.7 cm³/mol. The van der Waals surface area contributed by atoms with E-state index in [1.807, 2.05) is 24.3 Å². The average molecular weight is 431 g/mol. The molecule has 4 rings (SSSR count). The molecule has 7 heteroatoms. The third-order valence-electron chi connectivity index (χ3n) is 3.94. The van der Waals surface area contributed by atoms with Crippen LogP contribution in [0.1, 0.15) is 17.2 Å². The van der Waals surface area contributed by atoms with Gasteiger partial charge >= 0.3 is 0 Å². The lowest BCUT2D eigenvalue weighted by Crippen LogP contribution is -2.20. The van der Waals surface area contributed by atoms with Crippen molar-refractivity contribution >= 4 is 34.2 Å². The highest BCUT2D eigenvalue weighted by Gasteiger charge is 2.26. The summed E-state index contributed by atoms with van der Waals surface area (Å²) in [5.41, 5.74) is 3.08. The van der Waals surface area contributed by atoms with Crippen LogP contribution in [-0.4, -0.2) is 27.3 Å². The Bertz CT molecular complexity index is 903. The first-order valence-electron chi connectivity index (χ1n) is 7.42. The van der Waals surface area contributed by atoms with Crippen LogP contribution in [0.5, 0.6) is 5.75 Å². The highest BCUT2D eigenvalue weighted by Crippen LogP contribution is 2.35. The molecule has 1 aliphatic rings. The molecule has 1 atom stereocenters. The fourth-order valence-corrected chi connectivity index (χ4v) is 3.14. The SMILES string of the molecule is COc1ccccc1C1C=C(c2ccc(I)cc2)Nc2nnnn21. The Labute approximate surface area is 152 Å². The van der Waals surface area contributed by atoms with E-state index in [9.17, 15) is 0 Å². The van der Waals surface area contributed by atoms with Crippen LogP contribution < -0.4 is 10.1 Å². The van der Waals surface area contributed by atoms with Crippen LogP contribution in [0.25, 0.3) is 5.70 Å². The summed E-state index contributed by atoms with van der Waals surface area (Å²) >= 11 is 2.30. The van der Waals surface area contributed by atoms with E-state index in [1.165, 1.54) is 3.57 Å². The van der Waals surface area contributed by atoms with Gasteiger partial charge in [0.2, 0.25) is 5.95 Å². The molecule has 2 aromatic carbocycles. The van der Waals surface area contributed by atoms with Crippen LogP contribution >= 0.6 is 22.6 Å². The first kappa shape index (κ1) is 15.1. The molecule has 1 aromatic heterocycles. The summed E-state index contributed by atoms with van der Waals surface area (Å²) in [6, 6.07) is 16.1.